The average Bonchev–Trinajstić information content (AvgIpc) is 2.71. The molecule has 0 unspecified atom stereocenters. The topological polar surface area (TPSA) is 14.2 Å². The van der Waals surface area contributed by atoms with Gasteiger partial charge in [-0.2, -0.15) is 0 Å². The Labute approximate surface area is 83.8 Å². The summed E-state index contributed by atoms with van der Waals surface area (Å²) >= 11 is 0. The quantitative estimate of drug-likeness (QED) is 0.720. The molecular weight excluding hydrogens is 174 g/mol. The van der Waals surface area contributed by atoms with Gasteiger partial charge in [0.2, 0.25) is 0 Å². The van der Waals surface area contributed by atoms with Gasteiger partial charge in [-0.25, -0.2) is 0 Å². The molecule has 0 aliphatic rings. The zero-order valence-electron chi connectivity index (χ0n) is 8.18. The lowest BCUT2D eigenvalue weighted by molar-refractivity contribution is 0.185. The molecule has 0 saturated carbocycles. The summed E-state index contributed by atoms with van der Waals surface area (Å²) in [6.07, 6.45) is 4.07. The lowest BCUT2D eigenvalue weighted by atomic mass is 10.2. The zero-order chi connectivity index (χ0) is 9.80. The van der Waals surface area contributed by atoms with Crippen LogP contribution in [0.4, 0.5) is 0 Å². The molecule has 0 spiro atoms. The third-order valence-electron chi connectivity index (χ3n) is 2.12. The van der Waals surface area contributed by atoms with Crippen LogP contribution in [-0.2, 0) is 11.3 Å². The first-order chi connectivity index (χ1) is 6.90. The SMILES string of the molecule is COCc1cccc(-n2cccc2)c1. The summed E-state index contributed by atoms with van der Waals surface area (Å²) in [5.41, 5.74) is 2.36. The van der Waals surface area contributed by atoms with Crippen LogP contribution >= 0.6 is 0 Å². The summed E-state index contributed by atoms with van der Waals surface area (Å²) in [6, 6.07) is 12.4. The molecule has 0 atom stereocenters. The molecule has 0 aliphatic carbocycles. The minimum atomic E-state index is 0.662. The van der Waals surface area contributed by atoms with E-state index in [-0.39, 0.29) is 0 Å². The number of benzene rings is 1. The average molecular weight is 187 g/mol. The number of nitrogens with zero attached hydrogens (tertiary/aromatic N) is 1. The molecule has 2 rings (SSSR count). The monoisotopic (exact) mass is 187 g/mol. The van der Waals surface area contributed by atoms with Crippen LogP contribution < -0.4 is 0 Å². The van der Waals surface area contributed by atoms with E-state index in [4.69, 9.17) is 4.74 Å². The predicted octanol–water partition coefficient (Wildman–Crippen LogP) is 2.62. The fraction of sp³-hybridized carbons (Fsp3) is 0.167. The maximum absolute atomic E-state index is 5.09. The van der Waals surface area contributed by atoms with Crippen molar-refractivity contribution in [3.63, 3.8) is 0 Å². The molecule has 1 heterocycles. The first-order valence-electron chi connectivity index (χ1n) is 4.61. The lowest BCUT2D eigenvalue weighted by Crippen LogP contribution is -1.92. The van der Waals surface area contributed by atoms with Crippen LogP contribution in [0, 0.1) is 0 Å². The molecule has 0 amide bonds. The van der Waals surface area contributed by atoms with E-state index in [1.807, 2.05) is 30.6 Å². The molecule has 2 aromatic rings. The van der Waals surface area contributed by atoms with Crippen LogP contribution in [0.15, 0.2) is 48.8 Å². The van der Waals surface area contributed by atoms with E-state index >= 15 is 0 Å². The van der Waals surface area contributed by atoms with Crippen molar-refractivity contribution in [2.45, 2.75) is 6.61 Å². The number of ether oxygens (including phenoxy) is 1. The Morgan fingerprint density at radius 3 is 2.64 bits per heavy atom. The molecule has 1 aromatic carbocycles. The Morgan fingerprint density at radius 2 is 1.93 bits per heavy atom. The Balaban J connectivity index is 2.31. The molecule has 72 valence electrons. The standard InChI is InChI=1S/C12H13NO/c1-14-10-11-5-4-6-12(9-11)13-7-2-3-8-13/h2-9H,10H2,1H3. The summed E-state index contributed by atoms with van der Waals surface area (Å²) in [5, 5.41) is 0. The van der Waals surface area contributed by atoms with Gasteiger partial charge in [-0.1, -0.05) is 12.1 Å². The predicted molar refractivity (Wildman–Crippen MR) is 56.5 cm³/mol. The molecule has 0 bridgehead atoms. The third-order valence-corrected chi connectivity index (χ3v) is 2.12. The summed E-state index contributed by atoms with van der Waals surface area (Å²) in [5.74, 6) is 0. The van der Waals surface area contributed by atoms with Crippen molar-refractivity contribution < 1.29 is 4.74 Å². The van der Waals surface area contributed by atoms with Crippen molar-refractivity contribution in [1.29, 1.82) is 0 Å². The number of methoxy groups -OCH3 is 1. The van der Waals surface area contributed by atoms with E-state index in [1.54, 1.807) is 7.11 Å². The minimum absolute atomic E-state index is 0.662. The third kappa shape index (κ3) is 1.86. The molecule has 0 saturated heterocycles. The molecule has 2 heteroatoms. The first-order valence-corrected chi connectivity index (χ1v) is 4.61. The van der Waals surface area contributed by atoms with Crippen molar-refractivity contribution in [2.24, 2.45) is 0 Å². The van der Waals surface area contributed by atoms with Gasteiger partial charge in [-0.05, 0) is 29.8 Å². The molecule has 0 aliphatic heterocycles. The normalized spacial score (nSPS) is 10.4. The van der Waals surface area contributed by atoms with Crippen molar-refractivity contribution in [3.05, 3.63) is 54.4 Å². The highest BCUT2D eigenvalue weighted by Gasteiger charge is 1.96. The van der Waals surface area contributed by atoms with E-state index in [0.29, 0.717) is 6.61 Å². The van der Waals surface area contributed by atoms with Crippen molar-refractivity contribution in [2.75, 3.05) is 7.11 Å². The van der Waals surface area contributed by atoms with Gasteiger partial charge in [-0.3, -0.25) is 0 Å². The second-order valence-electron chi connectivity index (χ2n) is 3.19. The van der Waals surface area contributed by atoms with Gasteiger partial charge < -0.3 is 9.30 Å². The van der Waals surface area contributed by atoms with Crippen molar-refractivity contribution in [3.8, 4) is 5.69 Å². The Hall–Kier alpha value is -1.54. The van der Waals surface area contributed by atoms with E-state index < -0.39 is 0 Å². The van der Waals surface area contributed by atoms with E-state index in [2.05, 4.69) is 22.8 Å². The van der Waals surface area contributed by atoms with Crippen LogP contribution in [0.2, 0.25) is 0 Å². The molecule has 1 aromatic heterocycles. The molecule has 2 nitrogen and oxygen atoms in total. The molecule has 14 heavy (non-hydrogen) atoms. The second-order valence-corrected chi connectivity index (χ2v) is 3.19. The Bertz CT molecular complexity index is 392. The van der Waals surface area contributed by atoms with Gasteiger partial charge in [-0.15, -0.1) is 0 Å². The van der Waals surface area contributed by atoms with Crippen molar-refractivity contribution in [1.82, 2.24) is 4.57 Å². The maximum atomic E-state index is 5.09. The second kappa shape index (κ2) is 4.11. The van der Waals surface area contributed by atoms with Gasteiger partial charge in [0, 0.05) is 25.2 Å². The van der Waals surface area contributed by atoms with Gasteiger partial charge in [0.25, 0.3) is 0 Å². The number of hydrogen-bond acceptors (Lipinski definition) is 1. The van der Waals surface area contributed by atoms with Gasteiger partial charge >= 0.3 is 0 Å². The van der Waals surface area contributed by atoms with E-state index in [1.165, 1.54) is 11.3 Å². The van der Waals surface area contributed by atoms with Crippen LogP contribution in [0.25, 0.3) is 5.69 Å². The van der Waals surface area contributed by atoms with E-state index in [0.717, 1.165) is 0 Å². The lowest BCUT2D eigenvalue weighted by Gasteiger charge is -2.05. The Morgan fingerprint density at radius 1 is 1.14 bits per heavy atom. The zero-order valence-corrected chi connectivity index (χ0v) is 8.18. The fourth-order valence-electron chi connectivity index (χ4n) is 1.48. The largest absolute Gasteiger partial charge is 0.380 e. The molecular formula is C12H13NO. The van der Waals surface area contributed by atoms with Gasteiger partial charge in [0.1, 0.15) is 0 Å². The summed E-state index contributed by atoms with van der Waals surface area (Å²) in [4.78, 5) is 0. The van der Waals surface area contributed by atoms with Crippen LogP contribution in [0.1, 0.15) is 5.56 Å². The number of aromatic nitrogens is 1. The summed E-state index contributed by atoms with van der Waals surface area (Å²) < 4.78 is 7.17. The summed E-state index contributed by atoms with van der Waals surface area (Å²) in [7, 11) is 1.71. The summed E-state index contributed by atoms with van der Waals surface area (Å²) in [6.45, 7) is 0.662. The van der Waals surface area contributed by atoms with Gasteiger partial charge in [0.05, 0.1) is 6.61 Å². The first kappa shape index (κ1) is 9.03. The molecule has 0 N–H and O–H groups in total. The molecule has 0 fully saturated rings. The highest BCUT2D eigenvalue weighted by Crippen LogP contribution is 2.11. The number of rotatable bonds is 3. The van der Waals surface area contributed by atoms with Crippen LogP contribution in [0.5, 0.6) is 0 Å². The van der Waals surface area contributed by atoms with Crippen LogP contribution in [-0.4, -0.2) is 11.7 Å². The van der Waals surface area contributed by atoms with E-state index in [9.17, 15) is 0 Å². The maximum Gasteiger partial charge on any atom is 0.0713 e. The number of hydrogen-bond donors (Lipinski definition) is 0. The Kier molecular flexibility index (Phi) is 2.65. The van der Waals surface area contributed by atoms with Gasteiger partial charge in [0.15, 0.2) is 0 Å². The minimum Gasteiger partial charge on any atom is -0.380 e. The smallest absolute Gasteiger partial charge is 0.0713 e. The molecule has 0 radical (unpaired) electrons. The highest BCUT2D eigenvalue weighted by atomic mass is 16.5. The highest BCUT2D eigenvalue weighted by molar-refractivity contribution is 5.36. The van der Waals surface area contributed by atoms with Crippen LogP contribution in [0.3, 0.4) is 0 Å². The fourth-order valence-corrected chi connectivity index (χ4v) is 1.48. The van der Waals surface area contributed by atoms with Crippen molar-refractivity contribution >= 4 is 0 Å².